The van der Waals surface area contributed by atoms with Crippen LogP contribution in [0.2, 0.25) is 0 Å². The molecule has 0 bridgehead atoms. The van der Waals surface area contributed by atoms with Crippen molar-refractivity contribution in [3.63, 3.8) is 0 Å². The summed E-state index contributed by atoms with van der Waals surface area (Å²) in [6, 6.07) is 8.23. The monoisotopic (exact) mass is 360 g/mol. The Labute approximate surface area is 152 Å². The lowest BCUT2D eigenvalue weighted by molar-refractivity contribution is 0.322. The van der Waals surface area contributed by atoms with Gasteiger partial charge in [-0.1, -0.05) is 18.7 Å². The Morgan fingerprint density at radius 3 is 2.88 bits per heavy atom. The molecule has 1 aromatic carbocycles. The minimum atomic E-state index is 0.740. The van der Waals surface area contributed by atoms with Gasteiger partial charge in [-0.25, -0.2) is 4.99 Å². The molecule has 0 atom stereocenters. The minimum absolute atomic E-state index is 0.740. The van der Waals surface area contributed by atoms with E-state index in [1.165, 1.54) is 0 Å². The second-order valence-corrected chi connectivity index (χ2v) is 7.15. The molecule has 0 aliphatic heterocycles. The van der Waals surface area contributed by atoms with Crippen molar-refractivity contribution in [2.45, 2.75) is 13.3 Å². The summed E-state index contributed by atoms with van der Waals surface area (Å²) >= 11 is 3.48. The number of fused-ring (bicyclic) bond motifs is 1. The maximum atomic E-state index is 5.97. The second-order valence-electron chi connectivity index (χ2n) is 5.17. The highest BCUT2D eigenvalue weighted by Crippen LogP contribution is 2.29. The highest BCUT2D eigenvalue weighted by Gasteiger charge is 2.09. The van der Waals surface area contributed by atoms with Gasteiger partial charge in [0, 0.05) is 11.6 Å². The zero-order valence-corrected chi connectivity index (χ0v) is 16.1. The van der Waals surface area contributed by atoms with Gasteiger partial charge in [-0.15, -0.1) is 11.8 Å². The number of thioether (sulfide) groups is 2. The third kappa shape index (κ3) is 4.71. The Morgan fingerprint density at radius 2 is 2.17 bits per heavy atom. The summed E-state index contributed by atoms with van der Waals surface area (Å²) in [7, 11) is 0. The number of hydrogen-bond acceptors (Lipinski definition) is 4. The fraction of sp³-hybridized carbons (Fsp3) is 0.316. The molecule has 0 fully saturated rings. The number of aliphatic imine (C=N–C) groups is 1. The number of nitrogens with zero attached hydrogens (tertiary/aromatic N) is 2. The van der Waals surface area contributed by atoms with E-state index >= 15 is 0 Å². The van der Waals surface area contributed by atoms with E-state index in [4.69, 9.17) is 4.74 Å². The molecular weight excluding hydrogens is 336 g/mol. The highest BCUT2D eigenvalue weighted by molar-refractivity contribution is 8.13. The van der Waals surface area contributed by atoms with Crippen LogP contribution in [0, 0.1) is 0 Å². The molecule has 0 saturated carbocycles. The fourth-order valence-corrected chi connectivity index (χ4v) is 2.93. The number of benzene rings is 1. The fourth-order valence-electron chi connectivity index (χ4n) is 2.33. The Hall–Kier alpha value is -1.59. The maximum absolute atomic E-state index is 5.97. The molecule has 0 amide bonds. The first-order chi connectivity index (χ1) is 11.7. The van der Waals surface area contributed by atoms with E-state index in [1.54, 1.807) is 17.8 Å². The molecule has 2 rings (SSSR count). The number of aromatic nitrogens is 1. The molecule has 1 heterocycles. The van der Waals surface area contributed by atoms with E-state index < -0.39 is 0 Å². The van der Waals surface area contributed by atoms with Gasteiger partial charge >= 0.3 is 0 Å². The van der Waals surface area contributed by atoms with Crippen molar-refractivity contribution in [3.05, 3.63) is 49.2 Å². The van der Waals surface area contributed by atoms with E-state index in [2.05, 4.69) is 34.5 Å². The Balaban J connectivity index is 2.35. The molecule has 1 aromatic heterocycles. The van der Waals surface area contributed by atoms with Gasteiger partial charge in [0.1, 0.15) is 11.6 Å². The average molecular weight is 361 g/mol. The topological polar surface area (TPSA) is 26.5 Å². The molecule has 0 saturated heterocycles. The van der Waals surface area contributed by atoms with E-state index in [0.29, 0.717) is 0 Å². The molecule has 0 radical (unpaired) electrons. The number of rotatable bonds is 8. The molecule has 0 aliphatic carbocycles. The van der Waals surface area contributed by atoms with Crippen LogP contribution in [0.4, 0.5) is 0 Å². The van der Waals surface area contributed by atoms with Crippen molar-refractivity contribution in [2.75, 3.05) is 24.9 Å². The second kappa shape index (κ2) is 9.64. The van der Waals surface area contributed by atoms with Gasteiger partial charge in [-0.2, -0.15) is 11.8 Å². The highest BCUT2D eigenvalue weighted by atomic mass is 32.2. The molecule has 0 aliphatic rings. The van der Waals surface area contributed by atoms with E-state index in [-0.39, 0.29) is 0 Å². The Morgan fingerprint density at radius 1 is 1.33 bits per heavy atom. The zero-order chi connectivity index (χ0) is 17.4. The van der Waals surface area contributed by atoms with Gasteiger partial charge in [0.2, 0.25) is 0 Å². The largest absolute Gasteiger partial charge is 0.493 e. The van der Waals surface area contributed by atoms with Crippen molar-refractivity contribution in [3.8, 4) is 5.75 Å². The summed E-state index contributed by atoms with van der Waals surface area (Å²) in [5.74, 6) is 2.90. The van der Waals surface area contributed by atoms with Gasteiger partial charge in [0.15, 0.2) is 0 Å². The maximum Gasteiger partial charge on any atom is 0.137 e. The molecule has 128 valence electrons. The van der Waals surface area contributed by atoms with Crippen LogP contribution in [-0.4, -0.2) is 34.5 Å². The minimum Gasteiger partial charge on any atom is -0.493 e. The van der Waals surface area contributed by atoms with Gasteiger partial charge in [0.05, 0.1) is 17.2 Å². The van der Waals surface area contributed by atoms with Crippen LogP contribution in [0.5, 0.6) is 5.75 Å². The van der Waals surface area contributed by atoms with Crippen LogP contribution in [0.15, 0.2) is 54.2 Å². The molecule has 2 aromatic rings. The zero-order valence-electron chi connectivity index (χ0n) is 14.5. The summed E-state index contributed by atoms with van der Waals surface area (Å²) in [6.07, 6.45) is 10.9. The third-order valence-corrected chi connectivity index (χ3v) is 4.90. The average Bonchev–Trinajstić information content (AvgIpc) is 3.03. The first-order valence-corrected chi connectivity index (χ1v) is 10.5. The van der Waals surface area contributed by atoms with Gasteiger partial charge in [-0.05, 0) is 55.9 Å². The molecule has 3 nitrogen and oxygen atoms in total. The lowest BCUT2D eigenvalue weighted by Gasteiger charge is -2.09. The van der Waals surface area contributed by atoms with Crippen molar-refractivity contribution in [1.29, 1.82) is 0 Å². The molecule has 0 spiro atoms. The standard InChI is InChI=1S/C19H24N2OS2/c1-5-8-19(20-15(2)24-4)21-12-11-16-17(21)9-6-10-18(16)22-13-7-14-23-3/h5-6,8-12H,1,7,13-14H2,2-4H3/b19-8+,20-15+. The quantitative estimate of drug-likeness (QED) is 0.268. The summed E-state index contributed by atoms with van der Waals surface area (Å²) in [5.41, 5.74) is 1.09. The van der Waals surface area contributed by atoms with Crippen LogP contribution in [0.1, 0.15) is 13.3 Å². The van der Waals surface area contributed by atoms with E-state index in [1.807, 2.05) is 49.3 Å². The van der Waals surface area contributed by atoms with Gasteiger partial charge in [0.25, 0.3) is 0 Å². The van der Waals surface area contributed by atoms with Crippen molar-refractivity contribution in [2.24, 2.45) is 4.99 Å². The summed E-state index contributed by atoms with van der Waals surface area (Å²) in [4.78, 5) is 4.68. The van der Waals surface area contributed by atoms with Crippen LogP contribution in [0.3, 0.4) is 0 Å². The van der Waals surface area contributed by atoms with Gasteiger partial charge in [-0.3, -0.25) is 0 Å². The molecular formula is C19H24N2OS2. The van der Waals surface area contributed by atoms with Crippen LogP contribution >= 0.6 is 23.5 Å². The Kier molecular flexibility index (Phi) is 7.53. The number of allylic oxidation sites excluding steroid dienone is 2. The van der Waals surface area contributed by atoms with E-state index in [0.717, 1.165) is 46.3 Å². The van der Waals surface area contributed by atoms with Crippen molar-refractivity contribution in [1.82, 2.24) is 4.57 Å². The smallest absolute Gasteiger partial charge is 0.137 e. The van der Waals surface area contributed by atoms with Crippen LogP contribution in [-0.2, 0) is 0 Å². The van der Waals surface area contributed by atoms with Gasteiger partial charge < -0.3 is 9.30 Å². The summed E-state index contributed by atoms with van der Waals surface area (Å²) in [5, 5.41) is 2.11. The molecule has 24 heavy (non-hydrogen) atoms. The van der Waals surface area contributed by atoms with Crippen molar-refractivity contribution < 1.29 is 4.74 Å². The third-order valence-electron chi connectivity index (χ3n) is 3.52. The number of ether oxygens (including phenoxy) is 1. The first-order valence-electron chi connectivity index (χ1n) is 7.85. The molecule has 5 heteroatoms. The molecule has 0 N–H and O–H groups in total. The normalized spacial score (nSPS) is 12.6. The Bertz CT molecular complexity index is 747. The lowest BCUT2D eigenvalue weighted by atomic mass is 10.2. The summed E-state index contributed by atoms with van der Waals surface area (Å²) < 4.78 is 8.05. The predicted octanol–water partition coefficient (Wildman–Crippen LogP) is 5.54. The first kappa shape index (κ1) is 18.7. The molecule has 0 unspecified atom stereocenters. The van der Waals surface area contributed by atoms with E-state index in [9.17, 15) is 0 Å². The SMILES string of the molecule is C=C/C=C(\N=C(/C)SC)n1ccc2c(OCCCSC)cccc21. The van der Waals surface area contributed by atoms with Crippen molar-refractivity contribution >= 4 is 45.3 Å². The van der Waals surface area contributed by atoms with Crippen LogP contribution in [0.25, 0.3) is 16.7 Å². The summed E-state index contributed by atoms with van der Waals surface area (Å²) in [6.45, 7) is 6.55. The van der Waals surface area contributed by atoms with Crippen LogP contribution < -0.4 is 4.74 Å². The number of hydrogen-bond donors (Lipinski definition) is 0. The predicted molar refractivity (Wildman–Crippen MR) is 112 cm³/mol. The lowest BCUT2D eigenvalue weighted by Crippen LogP contribution is -1.99.